The molecule has 3 rings (SSSR count). The van der Waals surface area contributed by atoms with Gasteiger partial charge in [0.2, 0.25) is 0 Å². The minimum Gasteiger partial charge on any atom is -0.377 e. The first-order valence-electron chi connectivity index (χ1n) is 8.76. The maximum absolute atomic E-state index is 5.86. The molecule has 0 radical (unpaired) electrons. The van der Waals surface area contributed by atoms with Crippen LogP contribution in [0.25, 0.3) is 0 Å². The third-order valence-electron chi connectivity index (χ3n) is 4.64. The molecule has 1 aliphatic rings. The second kappa shape index (κ2) is 8.27. The highest BCUT2D eigenvalue weighted by atomic mass is 16.5. The van der Waals surface area contributed by atoms with Gasteiger partial charge in [0.15, 0.2) is 0 Å². The van der Waals surface area contributed by atoms with Gasteiger partial charge in [-0.1, -0.05) is 36.4 Å². The molecule has 128 valence electrons. The summed E-state index contributed by atoms with van der Waals surface area (Å²) < 4.78 is 7.87. The minimum atomic E-state index is 0.359. The van der Waals surface area contributed by atoms with E-state index in [-0.39, 0.29) is 0 Å². The van der Waals surface area contributed by atoms with Crippen LogP contribution in [0.5, 0.6) is 0 Å². The highest BCUT2D eigenvalue weighted by Crippen LogP contribution is 2.18. The molecule has 1 aliphatic heterocycles. The summed E-state index contributed by atoms with van der Waals surface area (Å²) in [6.07, 6.45) is 6.59. The van der Waals surface area contributed by atoms with Gasteiger partial charge in [0, 0.05) is 37.5 Å². The number of nitrogens with zero attached hydrogens (tertiary/aromatic N) is 3. The Labute approximate surface area is 144 Å². The molecule has 0 saturated carbocycles. The molecule has 1 aromatic heterocycles. The second-order valence-corrected chi connectivity index (χ2v) is 6.52. The van der Waals surface area contributed by atoms with E-state index in [9.17, 15) is 0 Å². The van der Waals surface area contributed by atoms with Gasteiger partial charge in [-0.15, -0.1) is 6.58 Å². The van der Waals surface area contributed by atoms with Gasteiger partial charge < -0.3 is 4.74 Å². The smallest absolute Gasteiger partial charge is 0.0703 e. The molecule has 0 bridgehead atoms. The van der Waals surface area contributed by atoms with Crippen LogP contribution >= 0.6 is 0 Å². The van der Waals surface area contributed by atoms with E-state index in [0.717, 1.165) is 32.8 Å². The Balaban J connectivity index is 1.72. The lowest BCUT2D eigenvalue weighted by atomic mass is 10.1. The Bertz CT molecular complexity index is 644. The van der Waals surface area contributed by atoms with Crippen LogP contribution in [0.4, 0.5) is 0 Å². The van der Waals surface area contributed by atoms with E-state index < -0.39 is 0 Å². The average Bonchev–Trinajstić information content (AvgIpc) is 3.21. The van der Waals surface area contributed by atoms with Crippen LogP contribution in [-0.4, -0.2) is 33.9 Å². The summed E-state index contributed by atoms with van der Waals surface area (Å²) in [6, 6.07) is 10.7. The summed E-state index contributed by atoms with van der Waals surface area (Å²) in [6.45, 7) is 10.4. The number of hydrogen-bond donors (Lipinski definition) is 0. The van der Waals surface area contributed by atoms with Crippen LogP contribution in [0.1, 0.15) is 29.7 Å². The number of aromatic nitrogens is 2. The molecule has 1 aromatic carbocycles. The van der Waals surface area contributed by atoms with Crippen molar-refractivity contribution in [3.8, 4) is 0 Å². The van der Waals surface area contributed by atoms with Gasteiger partial charge >= 0.3 is 0 Å². The SMILES string of the molecule is C=CCn1ncc(CN(Cc2ccccc2)CC2CCCO2)c1C. The van der Waals surface area contributed by atoms with Crippen molar-refractivity contribution in [1.29, 1.82) is 0 Å². The van der Waals surface area contributed by atoms with E-state index in [2.05, 4.69) is 53.8 Å². The predicted molar refractivity (Wildman–Crippen MR) is 96.7 cm³/mol. The van der Waals surface area contributed by atoms with Crippen molar-refractivity contribution in [2.75, 3.05) is 13.2 Å². The number of allylic oxidation sites excluding steroid dienone is 1. The quantitative estimate of drug-likeness (QED) is 0.695. The summed E-state index contributed by atoms with van der Waals surface area (Å²) in [5, 5.41) is 4.48. The number of hydrogen-bond acceptors (Lipinski definition) is 3. The molecule has 1 atom stereocenters. The Morgan fingerprint density at radius 1 is 1.33 bits per heavy atom. The maximum atomic E-state index is 5.86. The molecule has 24 heavy (non-hydrogen) atoms. The fourth-order valence-corrected chi connectivity index (χ4v) is 3.29. The predicted octanol–water partition coefficient (Wildman–Crippen LogP) is 3.56. The summed E-state index contributed by atoms with van der Waals surface area (Å²) in [7, 11) is 0. The van der Waals surface area contributed by atoms with E-state index >= 15 is 0 Å². The zero-order valence-electron chi connectivity index (χ0n) is 14.5. The van der Waals surface area contributed by atoms with E-state index in [0.29, 0.717) is 6.10 Å². The van der Waals surface area contributed by atoms with Crippen LogP contribution in [0.3, 0.4) is 0 Å². The zero-order chi connectivity index (χ0) is 16.8. The van der Waals surface area contributed by atoms with E-state index in [1.165, 1.54) is 29.7 Å². The van der Waals surface area contributed by atoms with Gasteiger partial charge in [-0.25, -0.2) is 0 Å². The number of benzene rings is 1. The molecular weight excluding hydrogens is 298 g/mol. The zero-order valence-corrected chi connectivity index (χ0v) is 14.5. The minimum absolute atomic E-state index is 0.359. The van der Waals surface area contributed by atoms with Gasteiger partial charge in [-0.05, 0) is 25.3 Å². The summed E-state index contributed by atoms with van der Waals surface area (Å²) in [5.41, 5.74) is 3.85. The fourth-order valence-electron chi connectivity index (χ4n) is 3.29. The Morgan fingerprint density at radius 2 is 2.17 bits per heavy atom. The molecule has 0 N–H and O–H groups in total. The summed E-state index contributed by atoms with van der Waals surface area (Å²) in [5.74, 6) is 0. The first-order chi connectivity index (χ1) is 11.8. The molecule has 1 fully saturated rings. The fraction of sp³-hybridized carbons (Fsp3) is 0.450. The van der Waals surface area contributed by atoms with Gasteiger partial charge in [0.25, 0.3) is 0 Å². The van der Waals surface area contributed by atoms with Gasteiger partial charge in [0.05, 0.1) is 18.8 Å². The molecule has 0 spiro atoms. The summed E-state index contributed by atoms with van der Waals surface area (Å²) >= 11 is 0. The van der Waals surface area contributed by atoms with Gasteiger partial charge in [0.1, 0.15) is 0 Å². The molecule has 2 aromatic rings. The largest absolute Gasteiger partial charge is 0.377 e. The average molecular weight is 325 g/mol. The normalized spacial score (nSPS) is 17.5. The molecule has 4 heteroatoms. The molecule has 1 unspecified atom stereocenters. The molecule has 0 aliphatic carbocycles. The van der Waals surface area contributed by atoms with Crippen molar-refractivity contribution < 1.29 is 4.74 Å². The lowest BCUT2D eigenvalue weighted by Crippen LogP contribution is -2.31. The van der Waals surface area contributed by atoms with Gasteiger partial charge in [-0.3, -0.25) is 9.58 Å². The van der Waals surface area contributed by atoms with Crippen LogP contribution in [-0.2, 0) is 24.4 Å². The Kier molecular flexibility index (Phi) is 5.83. The highest BCUT2D eigenvalue weighted by molar-refractivity contribution is 5.18. The lowest BCUT2D eigenvalue weighted by Gasteiger charge is -2.25. The van der Waals surface area contributed by atoms with Crippen molar-refractivity contribution in [2.45, 2.75) is 45.5 Å². The number of ether oxygens (including phenoxy) is 1. The van der Waals surface area contributed by atoms with E-state index in [1.54, 1.807) is 0 Å². The molecule has 4 nitrogen and oxygen atoms in total. The van der Waals surface area contributed by atoms with Crippen molar-refractivity contribution in [3.05, 3.63) is 66.0 Å². The first kappa shape index (κ1) is 16.9. The summed E-state index contributed by atoms with van der Waals surface area (Å²) in [4.78, 5) is 2.48. The van der Waals surface area contributed by atoms with Crippen molar-refractivity contribution in [3.63, 3.8) is 0 Å². The molecular formula is C20H27N3O. The molecule has 2 heterocycles. The highest BCUT2D eigenvalue weighted by Gasteiger charge is 2.20. The Hall–Kier alpha value is -1.91. The third kappa shape index (κ3) is 4.34. The second-order valence-electron chi connectivity index (χ2n) is 6.52. The first-order valence-corrected chi connectivity index (χ1v) is 8.76. The molecule has 0 amide bonds. The van der Waals surface area contributed by atoms with Crippen LogP contribution in [0, 0.1) is 6.92 Å². The maximum Gasteiger partial charge on any atom is 0.0703 e. The van der Waals surface area contributed by atoms with E-state index in [1.807, 2.05) is 17.0 Å². The number of rotatable bonds is 8. The van der Waals surface area contributed by atoms with Crippen molar-refractivity contribution in [2.24, 2.45) is 0 Å². The van der Waals surface area contributed by atoms with Crippen LogP contribution in [0.2, 0.25) is 0 Å². The standard InChI is InChI=1S/C20H27N3O/c1-3-11-23-17(2)19(13-21-23)15-22(16-20-10-7-12-24-20)14-18-8-5-4-6-9-18/h3-6,8-9,13,20H,1,7,10-12,14-16H2,2H3. The van der Waals surface area contributed by atoms with Gasteiger partial charge in [-0.2, -0.15) is 5.10 Å². The third-order valence-corrected chi connectivity index (χ3v) is 4.64. The Morgan fingerprint density at radius 3 is 2.88 bits per heavy atom. The monoisotopic (exact) mass is 325 g/mol. The lowest BCUT2D eigenvalue weighted by molar-refractivity contribution is 0.0678. The molecule has 1 saturated heterocycles. The van der Waals surface area contributed by atoms with Crippen molar-refractivity contribution in [1.82, 2.24) is 14.7 Å². The van der Waals surface area contributed by atoms with Crippen molar-refractivity contribution >= 4 is 0 Å². The topological polar surface area (TPSA) is 30.3 Å². The van der Waals surface area contributed by atoms with Crippen LogP contribution in [0.15, 0.2) is 49.2 Å². The van der Waals surface area contributed by atoms with E-state index in [4.69, 9.17) is 4.74 Å². The van der Waals surface area contributed by atoms with Crippen LogP contribution < -0.4 is 0 Å².